The van der Waals surface area contributed by atoms with Gasteiger partial charge in [0.2, 0.25) is 0 Å². The number of carbonyl (C=O) groups excluding carboxylic acids is 1. The molecule has 22 heavy (non-hydrogen) atoms. The highest BCUT2D eigenvalue weighted by Gasteiger charge is 2.46. The number of urea groups is 1. The maximum absolute atomic E-state index is 12.8. The Bertz CT molecular complexity index is 332. The molecule has 0 spiro atoms. The van der Waals surface area contributed by atoms with Crippen LogP contribution in [0.5, 0.6) is 0 Å². The third-order valence-electron chi connectivity index (χ3n) is 5.13. The van der Waals surface area contributed by atoms with Crippen molar-refractivity contribution in [3.05, 3.63) is 0 Å². The molecular weight excluding hydrogens is 280 g/mol. The maximum Gasteiger partial charge on any atom is 0.324 e. The van der Waals surface area contributed by atoms with E-state index in [9.17, 15) is 4.79 Å². The summed E-state index contributed by atoms with van der Waals surface area (Å²) in [6, 6.07) is 0.681. The van der Waals surface area contributed by atoms with Crippen LogP contribution < -0.4 is 0 Å². The molecule has 0 bridgehead atoms. The first kappa shape index (κ1) is 17.5. The molecule has 1 heterocycles. The van der Waals surface area contributed by atoms with Crippen molar-refractivity contribution in [3.63, 3.8) is 0 Å². The third-order valence-corrected chi connectivity index (χ3v) is 5.13. The van der Waals surface area contributed by atoms with Crippen LogP contribution in [-0.4, -0.2) is 53.6 Å². The second kappa shape index (κ2) is 8.16. The minimum atomic E-state index is 0.0866. The minimum absolute atomic E-state index is 0.0866. The summed E-state index contributed by atoms with van der Waals surface area (Å²) in [7, 11) is 0. The van der Waals surface area contributed by atoms with E-state index < -0.39 is 0 Å². The SMILES string of the molecule is CCC(C)OCN1C(=O)N(COC(C)CC)C2CCCCC21. The lowest BCUT2D eigenvalue weighted by Gasteiger charge is -2.32. The molecule has 1 aliphatic heterocycles. The molecule has 2 amide bonds. The van der Waals surface area contributed by atoms with Crippen LogP contribution in [0.3, 0.4) is 0 Å². The number of hydrogen-bond acceptors (Lipinski definition) is 3. The van der Waals surface area contributed by atoms with E-state index in [2.05, 4.69) is 27.7 Å². The standard InChI is InChI=1S/C17H32N2O3/c1-5-13(3)21-11-18-15-9-7-8-10-16(15)19(17(18)20)12-22-14(4)6-2/h13-16H,5-12H2,1-4H3. The normalized spacial score (nSPS) is 27.9. The van der Waals surface area contributed by atoms with Crippen molar-refractivity contribution in [3.8, 4) is 0 Å². The smallest absolute Gasteiger partial charge is 0.324 e. The van der Waals surface area contributed by atoms with Gasteiger partial charge in [-0.15, -0.1) is 0 Å². The van der Waals surface area contributed by atoms with Crippen LogP contribution in [0.25, 0.3) is 0 Å². The van der Waals surface area contributed by atoms with Crippen LogP contribution >= 0.6 is 0 Å². The average Bonchev–Trinajstić information content (AvgIpc) is 2.81. The lowest BCUT2D eigenvalue weighted by Crippen LogP contribution is -2.41. The van der Waals surface area contributed by atoms with Gasteiger partial charge in [-0.1, -0.05) is 26.7 Å². The van der Waals surface area contributed by atoms with Gasteiger partial charge in [-0.25, -0.2) is 4.79 Å². The summed E-state index contributed by atoms with van der Waals surface area (Å²) in [6.07, 6.45) is 6.90. The molecule has 0 aromatic carbocycles. The van der Waals surface area contributed by atoms with Crippen molar-refractivity contribution in [1.29, 1.82) is 0 Å². The van der Waals surface area contributed by atoms with E-state index in [-0.39, 0.29) is 18.2 Å². The van der Waals surface area contributed by atoms with Crippen LogP contribution in [0, 0.1) is 0 Å². The lowest BCUT2D eigenvalue weighted by atomic mass is 9.90. The highest BCUT2D eigenvalue weighted by atomic mass is 16.5. The molecule has 5 nitrogen and oxygen atoms in total. The molecule has 1 aliphatic carbocycles. The number of nitrogens with zero attached hydrogens (tertiary/aromatic N) is 2. The fourth-order valence-corrected chi connectivity index (χ4v) is 3.22. The van der Waals surface area contributed by atoms with Crippen LogP contribution in [-0.2, 0) is 9.47 Å². The molecule has 2 aliphatic rings. The quantitative estimate of drug-likeness (QED) is 0.688. The van der Waals surface area contributed by atoms with Crippen molar-refractivity contribution < 1.29 is 14.3 Å². The monoisotopic (exact) mass is 312 g/mol. The highest BCUT2D eigenvalue weighted by molar-refractivity contribution is 5.77. The van der Waals surface area contributed by atoms with Crippen LogP contribution in [0.4, 0.5) is 4.79 Å². The second-order valence-corrected chi connectivity index (χ2v) is 6.67. The molecule has 2 rings (SSSR count). The summed E-state index contributed by atoms with van der Waals surface area (Å²) >= 11 is 0. The largest absolute Gasteiger partial charge is 0.358 e. The number of ether oxygens (including phenoxy) is 2. The van der Waals surface area contributed by atoms with Gasteiger partial charge >= 0.3 is 6.03 Å². The number of fused-ring (bicyclic) bond motifs is 1. The van der Waals surface area contributed by atoms with Gasteiger partial charge in [-0.2, -0.15) is 0 Å². The number of hydrogen-bond donors (Lipinski definition) is 0. The van der Waals surface area contributed by atoms with E-state index >= 15 is 0 Å². The summed E-state index contributed by atoms with van der Waals surface area (Å²) in [5, 5.41) is 0. The molecule has 0 radical (unpaired) electrons. The first-order chi connectivity index (χ1) is 10.6. The lowest BCUT2D eigenvalue weighted by molar-refractivity contribution is -0.00985. The Morgan fingerprint density at radius 1 is 0.955 bits per heavy atom. The predicted molar refractivity (Wildman–Crippen MR) is 86.5 cm³/mol. The van der Waals surface area contributed by atoms with Crippen LogP contribution in [0.1, 0.15) is 66.2 Å². The van der Waals surface area contributed by atoms with Crippen molar-refractivity contribution in [2.45, 2.75) is 90.5 Å². The van der Waals surface area contributed by atoms with Crippen LogP contribution in [0.2, 0.25) is 0 Å². The van der Waals surface area contributed by atoms with Crippen molar-refractivity contribution in [2.24, 2.45) is 0 Å². The van der Waals surface area contributed by atoms with E-state index in [4.69, 9.17) is 9.47 Å². The number of rotatable bonds is 8. The Labute approximate surface area is 134 Å². The first-order valence-corrected chi connectivity index (χ1v) is 8.88. The van der Waals surface area contributed by atoms with Gasteiger partial charge in [-0.3, -0.25) is 9.80 Å². The zero-order valence-electron chi connectivity index (χ0n) is 14.6. The van der Waals surface area contributed by atoms with Crippen molar-refractivity contribution in [2.75, 3.05) is 13.5 Å². The van der Waals surface area contributed by atoms with Gasteiger partial charge in [0.05, 0.1) is 24.3 Å². The third kappa shape index (κ3) is 3.93. The molecule has 1 saturated carbocycles. The van der Waals surface area contributed by atoms with Crippen molar-refractivity contribution >= 4 is 6.03 Å². The molecule has 4 unspecified atom stereocenters. The minimum Gasteiger partial charge on any atom is -0.358 e. The molecule has 1 saturated heterocycles. The summed E-state index contributed by atoms with van der Waals surface area (Å²) in [5.41, 5.74) is 0. The van der Waals surface area contributed by atoms with Crippen molar-refractivity contribution in [1.82, 2.24) is 9.80 Å². The van der Waals surface area contributed by atoms with Gasteiger partial charge in [0.15, 0.2) is 0 Å². The van der Waals surface area contributed by atoms with E-state index in [1.165, 1.54) is 12.8 Å². The van der Waals surface area contributed by atoms with E-state index in [0.29, 0.717) is 25.5 Å². The van der Waals surface area contributed by atoms with Crippen LogP contribution in [0.15, 0.2) is 0 Å². The van der Waals surface area contributed by atoms with Gasteiger partial charge < -0.3 is 9.47 Å². The Morgan fingerprint density at radius 2 is 1.36 bits per heavy atom. The Kier molecular flexibility index (Phi) is 6.50. The maximum atomic E-state index is 12.8. The predicted octanol–water partition coefficient (Wildman–Crippen LogP) is 3.58. The number of carbonyl (C=O) groups is 1. The van der Waals surface area contributed by atoms with Gasteiger partial charge in [-0.05, 0) is 39.5 Å². The first-order valence-electron chi connectivity index (χ1n) is 8.88. The second-order valence-electron chi connectivity index (χ2n) is 6.67. The molecule has 2 fully saturated rings. The summed E-state index contributed by atoms with van der Waals surface area (Å²) in [5.74, 6) is 0. The van der Waals surface area contributed by atoms with E-state index in [1.807, 2.05) is 9.80 Å². The molecule has 0 aromatic heterocycles. The summed E-state index contributed by atoms with van der Waals surface area (Å²) < 4.78 is 11.7. The topological polar surface area (TPSA) is 42.0 Å². The Morgan fingerprint density at radius 3 is 1.73 bits per heavy atom. The highest BCUT2D eigenvalue weighted by Crippen LogP contribution is 2.34. The van der Waals surface area contributed by atoms with Gasteiger partial charge in [0.25, 0.3) is 0 Å². The summed E-state index contributed by atoms with van der Waals surface area (Å²) in [6.45, 7) is 9.15. The fourth-order valence-electron chi connectivity index (χ4n) is 3.22. The van der Waals surface area contributed by atoms with Gasteiger partial charge in [0, 0.05) is 0 Å². The van der Waals surface area contributed by atoms with E-state index in [1.54, 1.807) is 0 Å². The number of amides is 2. The average molecular weight is 312 g/mol. The zero-order valence-corrected chi connectivity index (χ0v) is 14.6. The molecule has 5 heteroatoms. The molecule has 4 atom stereocenters. The molecule has 0 N–H and O–H groups in total. The molecule has 128 valence electrons. The summed E-state index contributed by atoms with van der Waals surface area (Å²) in [4.78, 5) is 16.6. The van der Waals surface area contributed by atoms with E-state index in [0.717, 1.165) is 25.7 Å². The fraction of sp³-hybridized carbons (Fsp3) is 0.941. The van der Waals surface area contributed by atoms with Gasteiger partial charge in [0.1, 0.15) is 13.5 Å². The molecule has 0 aromatic rings. The Hall–Kier alpha value is -0.810. The Balaban J connectivity index is 1.99. The molecular formula is C17H32N2O3. The zero-order chi connectivity index (χ0) is 16.1.